The Kier molecular flexibility index (Phi) is 4.89. The van der Waals surface area contributed by atoms with Crippen molar-refractivity contribution in [3.63, 3.8) is 0 Å². The summed E-state index contributed by atoms with van der Waals surface area (Å²) in [6.07, 6.45) is 0. The summed E-state index contributed by atoms with van der Waals surface area (Å²) in [5.41, 5.74) is 5.06. The van der Waals surface area contributed by atoms with Crippen LogP contribution in [0.15, 0.2) is 52.1 Å². The third-order valence-corrected chi connectivity index (χ3v) is 6.57. The lowest BCUT2D eigenvalue weighted by molar-refractivity contribution is 0.303. The lowest BCUT2D eigenvalue weighted by Gasteiger charge is -2.18. The van der Waals surface area contributed by atoms with Crippen LogP contribution in [0.4, 0.5) is 0 Å². The molecule has 31 heavy (non-hydrogen) atoms. The van der Waals surface area contributed by atoms with Crippen LogP contribution in [0.3, 0.4) is 0 Å². The van der Waals surface area contributed by atoms with Crippen LogP contribution in [0.2, 0.25) is 0 Å². The van der Waals surface area contributed by atoms with Gasteiger partial charge in [-0.3, -0.25) is 19.1 Å². The molecule has 0 N–H and O–H groups in total. The molecule has 6 heteroatoms. The third-order valence-electron chi connectivity index (χ3n) is 6.57. The van der Waals surface area contributed by atoms with Crippen LogP contribution in [0.1, 0.15) is 39.6 Å². The number of likely N-dealkylation sites (tertiary alicyclic amines) is 1. The normalized spacial score (nSPS) is 20.1. The maximum absolute atomic E-state index is 12.8. The molecular formula is C25H28N4O2. The second kappa shape index (κ2) is 7.61. The molecule has 0 saturated carbocycles. The molecule has 2 aliphatic heterocycles. The Morgan fingerprint density at radius 3 is 2.23 bits per heavy atom. The fraction of sp³-hybridized carbons (Fsp3) is 0.400. The van der Waals surface area contributed by atoms with E-state index in [9.17, 15) is 9.59 Å². The van der Waals surface area contributed by atoms with E-state index in [1.165, 1.54) is 21.4 Å². The zero-order valence-corrected chi connectivity index (χ0v) is 18.3. The highest BCUT2D eigenvalue weighted by Crippen LogP contribution is 2.37. The van der Waals surface area contributed by atoms with Gasteiger partial charge in [-0.25, -0.2) is 4.68 Å². The molecule has 6 nitrogen and oxygen atoms in total. The van der Waals surface area contributed by atoms with Gasteiger partial charge in [-0.1, -0.05) is 59.2 Å². The number of aryl methyl sites for hydroxylation is 3. The summed E-state index contributed by atoms with van der Waals surface area (Å²) in [5, 5.41) is 4.68. The van der Waals surface area contributed by atoms with Crippen molar-refractivity contribution >= 4 is 0 Å². The number of rotatable bonds is 4. The average molecular weight is 417 g/mol. The number of aromatic nitrogens is 3. The van der Waals surface area contributed by atoms with Crippen LogP contribution in [0.5, 0.6) is 0 Å². The molecule has 1 fully saturated rings. The van der Waals surface area contributed by atoms with Crippen molar-refractivity contribution in [1.82, 2.24) is 19.2 Å². The molecule has 0 radical (unpaired) electrons. The predicted molar refractivity (Wildman–Crippen MR) is 120 cm³/mol. The highest BCUT2D eigenvalue weighted by molar-refractivity contribution is 5.29. The van der Waals surface area contributed by atoms with Crippen molar-refractivity contribution in [2.45, 2.75) is 46.3 Å². The second-order valence-electron chi connectivity index (χ2n) is 9.28. The van der Waals surface area contributed by atoms with Crippen molar-refractivity contribution in [3.8, 4) is 0 Å². The smallest absolute Gasteiger partial charge is 0.298 e. The Balaban J connectivity index is 1.40. The first-order valence-corrected chi connectivity index (χ1v) is 10.9. The van der Waals surface area contributed by atoms with Gasteiger partial charge < -0.3 is 0 Å². The van der Waals surface area contributed by atoms with E-state index in [-0.39, 0.29) is 5.92 Å². The standard InChI is InChI=1S/C25H28N4O2/c1-16-4-6-19(7-5-16)12-29-25(31)24(30)28-14-21-13-27(15-22(21)23(28)26-29)11-20-9-17(2)8-18(3)10-20/h4-10,21-22H,11-15H2,1-3H3/t21-,22-/m0/s1. The first-order chi connectivity index (χ1) is 14.9. The van der Waals surface area contributed by atoms with Gasteiger partial charge in [-0.2, -0.15) is 5.10 Å². The molecule has 2 aromatic carbocycles. The van der Waals surface area contributed by atoms with E-state index in [1.54, 1.807) is 4.57 Å². The number of benzene rings is 2. The predicted octanol–water partition coefficient (Wildman–Crippen LogP) is 2.61. The Morgan fingerprint density at radius 1 is 0.806 bits per heavy atom. The lowest BCUT2D eigenvalue weighted by Crippen LogP contribution is -2.44. The van der Waals surface area contributed by atoms with Gasteiger partial charge in [0.1, 0.15) is 5.82 Å². The molecular weight excluding hydrogens is 388 g/mol. The quantitative estimate of drug-likeness (QED) is 0.614. The van der Waals surface area contributed by atoms with E-state index >= 15 is 0 Å². The average Bonchev–Trinajstić information content (AvgIpc) is 3.25. The summed E-state index contributed by atoms with van der Waals surface area (Å²) >= 11 is 0. The molecule has 0 spiro atoms. The van der Waals surface area contributed by atoms with Crippen molar-refractivity contribution < 1.29 is 0 Å². The summed E-state index contributed by atoms with van der Waals surface area (Å²) in [6.45, 7) is 9.91. The molecule has 1 aromatic heterocycles. The van der Waals surface area contributed by atoms with E-state index < -0.39 is 11.1 Å². The Bertz CT molecular complexity index is 1240. The van der Waals surface area contributed by atoms with Gasteiger partial charge in [0.25, 0.3) is 0 Å². The zero-order chi connectivity index (χ0) is 21.7. The van der Waals surface area contributed by atoms with Crippen LogP contribution in [-0.2, 0) is 19.6 Å². The molecule has 1 saturated heterocycles. The third kappa shape index (κ3) is 3.76. The maximum Gasteiger partial charge on any atom is 0.332 e. The molecule has 5 rings (SSSR count). The Morgan fingerprint density at radius 2 is 1.52 bits per heavy atom. The monoisotopic (exact) mass is 416 g/mol. The topological polar surface area (TPSA) is 60.1 Å². The van der Waals surface area contributed by atoms with E-state index in [4.69, 9.17) is 0 Å². The number of hydrogen-bond donors (Lipinski definition) is 0. The highest BCUT2D eigenvalue weighted by atomic mass is 16.2. The lowest BCUT2D eigenvalue weighted by atomic mass is 10.00. The first-order valence-electron chi connectivity index (χ1n) is 10.9. The largest absolute Gasteiger partial charge is 0.332 e. The Labute approximate surface area is 181 Å². The highest BCUT2D eigenvalue weighted by Gasteiger charge is 2.42. The maximum atomic E-state index is 12.8. The summed E-state index contributed by atoms with van der Waals surface area (Å²) in [7, 11) is 0. The summed E-state index contributed by atoms with van der Waals surface area (Å²) in [5.74, 6) is 1.30. The van der Waals surface area contributed by atoms with Gasteiger partial charge in [-0.05, 0) is 31.9 Å². The summed E-state index contributed by atoms with van der Waals surface area (Å²) < 4.78 is 2.98. The van der Waals surface area contributed by atoms with Crippen molar-refractivity contribution in [2.75, 3.05) is 13.1 Å². The molecule has 3 aromatic rings. The van der Waals surface area contributed by atoms with Gasteiger partial charge in [0.05, 0.1) is 6.54 Å². The first kappa shape index (κ1) is 19.9. The molecule has 160 valence electrons. The SMILES string of the molecule is Cc1ccc(Cn2nc3n(c(=O)c2=O)C[C@@H]2CN(Cc4cc(C)cc(C)c4)C[C@H]32)cc1. The Hall–Kier alpha value is -2.99. The molecule has 0 amide bonds. The number of nitrogens with zero attached hydrogens (tertiary/aromatic N) is 4. The molecule has 2 atom stereocenters. The van der Waals surface area contributed by atoms with Gasteiger partial charge in [0.15, 0.2) is 0 Å². The van der Waals surface area contributed by atoms with Crippen molar-refractivity contribution in [2.24, 2.45) is 5.92 Å². The van der Waals surface area contributed by atoms with Crippen LogP contribution in [0.25, 0.3) is 0 Å². The molecule has 0 bridgehead atoms. The minimum atomic E-state index is -0.531. The van der Waals surface area contributed by atoms with Crippen LogP contribution < -0.4 is 11.1 Å². The van der Waals surface area contributed by atoms with Crippen LogP contribution in [-0.4, -0.2) is 32.3 Å². The van der Waals surface area contributed by atoms with E-state index in [2.05, 4.69) is 42.0 Å². The van der Waals surface area contributed by atoms with Crippen molar-refractivity contribution in [3.05, 3.63) is 96.8 Å². The number of fused-ring (bicyclic) bond motifs is 3. The van der Waals surface area contributed by atoms with Gasteiger partial charge in [0, 0.05) is 38.0 Å². The van der Waals surface area contributed by atoms with Crippen molar-refractivity contribution in [1.29, 1.82) is 0 Å². The summed E-state index contributed by atoms with van der Waals surface area (Å²) in [4.78, 5) is 27.9. The fourth-order valence-corrected chi connectivity index (χ4v) is 5.20. The fourth-order valence-electron chi connectivity index (χ4n) is 5.20. The van der Waals surface area contributed by atoms with Gasteiger partial charge >= 0.3 is 11.1 Å². The minimum Gasteiger partial charge on any atom is -0.298 e. The molecule has 2 aliphatic rings. The zero-order valence-electron chi connectivity index (χ0n) is 18.3. The molecule has 0 unspecified atom stereocenters. The van der Waals surface area contributed by atoms with Gasteiger partial charge in [-0.15, -0.1) is 0 Å². The van der Waals surface area contributed by atoms with E-state index in [0.29, 0.717) is 19.0 Å². The molecule has 0 aliphatic carbocycles. The minimum absolute atomic E-state index is 0.198. The second-order valence-corrected chi connectivity index (χ2v) is 9.28. The molecule has 3 heterocycles. The number of hydrogen-bond acceptors (Lipinski definition) is 4. The van der Waals surface area contributed by atoms with Crippen LogP contribution in [0, 0.1) is 26.7 Å². The van der Waals surface area contributed by atoms with E-state index in [1.807, 2.05) is 31.2 Å². The van der Waals surface area contributed by atoms with E-state index in [0.717, 1.165) is 36.6 Å². The summed E-state index contributed by atoms with van der Waals surface area (Å²) in [6, 6.07) is 14.7. The van der Waals surface area contributed by atoms with Crippen LogP contribution >= 0.6 is 0 Å². The van der Waals surface area contributed by atoms with Gasteiger partial charge in [0.2, 0.25) is 0 Å².